The Morgan fingerprint density at radius 1 is 1.03 bits per heavy atom. The second kappa shape index (κ2) is 10.1. The molecule has 0 fully saturated rings. The van der Waals surface area contributed by atoms with E-state index in [4.69, 9.17) is 4.74 Å². The average molecular weight is 419 g/mol. The van der Waals surface area contributed by atoms with E-state index in [0.29, 0.717) is 0 Å². The smallest absolute Gasteiger partial charge is 0.341 e. The maximum Gasteiger partial charge on any atom is 0.341 e. The fraction of sp³-hybridized carbons (Fsp3) is 0.333. The lowest BCUT2D eigenvalue weighted by Crippen LogP contribution is -2.38. The van der Waals surface area contributed by atoms with Gasteiger partial charge in [-0.2, -0.15) is 0 Å². The van der Waals surface area contributed by atoms with Crippen LogP contribution in [0.1, 0.15) is 48.7 Å². The van der Waals surface area contributed by atoms with Crippen molar-refractivity contribution in [2.24, 2.45) is 0 Å². The molecule has 8 heteroatoms. The van der Waals surface area contributed by atoms with E-state index < -0.39 is 28.0 Å². The predicted octanol–water partition coefficient (Wildman–Crippen LogP) is 3.26. The molecule has 0 saturated heterocycles. The Labute approximate surface area is 171 Å². The number of amides is 1. The van der Waals surface area contributed by atoms with Crippen LogP contribution in [-0.2, 0) is 19.6 Å². The lowest BCUT2D eigenvalue weighted by Gasteiger charge is -2.21. The molecule has 0 radical (unpaired) electrons. The summed E-state index contributed by atoms with van der Waals surface area (Å²) in [5.74, 6) is -1.21. The van der Waals surface area contributed by atoms with E-state index in [9.17, 15) is 18.0 Å². The van der Waals surface area contributed by atoms with Crippen molar-refractivity contribution >= 4 is 27.6 Å². The predicted molar refractivity (Wildman–Crippen MR) is 112 cm³/mol. The molecule has 0 spiro atoms. The van der Waals surface area contributed by atoms with Crippen LogP contribution in [0.15, 0.2) is 54.6 Å². The van der Waals surface area contributed by atoms with Gasteiger partial charge in [-0.1, -0.05) is 55.8 Å². The third-order valence-corrected chi connectivity index (χ3v) is 4.78. The fourth-order valence-corrected chi connectivity index (χ4v) is 3.39. The molecule has 0 bridgehead atoms. The first-order chi connectivity index (χ1) is 13.7. The van der Waals surface area contributed by atoms with Crippen LogP contribution in [0.3, 0.4) is 0 Å². The number of sulfonamides is 1. The highest BCUT2D eigenvalue weighted by Crippen LogP contribution is 2.20. The van der Waals surface area contributed by atoms with Gasteiger partial charge in [0, 0.05) is 0 Å². The maximum atomic E-state index is 12.6. The lowest BCUT2D eigenvalue weighted by atomic mass is 10.0. The Morgan fingerprint density at radius 3 is 2.28 bits per heavy atom. The zero-order valence-corrected chi connectivity index (χ0v) is 17.5. The third-order valence-electron chi connectivity index (χ3n) is 4.19. The standard InChI is InChI=1S/C21H26N2O5S/c1-4-10-18(16-11-6-5-7-12-16)22-20(24)15(2)28-21(25)17-13-8-9-14-19(17)23-29(3,26)27/h5-9,11-15,18,23H,4,10H2,1-3H3,(H,22,24)/t15-,18-/m1/s1. The van der Waals surface area contributed by atoms with E-state index in [1.807, 2.05) is 37.3 Å². The van der Waals surface area contributed by atoms with Gasteiger partial charge in [0.2, 0.25) is 10.0 Å². The van der Waals surface area contributed by atoms with E-state index >= 15 is 0 Å². The van der Waals surface area contributed by atoms with E-state index in [2.05, 4.69) is 10.0 Å². The number of rotatable bonds is 9. The van der Waals surface area contributed by atoms with Crippen LogP contribution in [0.5, 0.6) is 0 Å². The molecular formula is C21H26N2O5S. The van der Waals surface area contributed by atoms with Crippen molar-refractivity contribution in [1.82, 2.24) is 5.32 Å². The number of hydrogen-bond donors (Lipinski definition) is 2. The number of ether oxygens (including phenoxy) is 1. The van der Waals surface area contributed by atoms with Gasteiger partial charge in [0.15, 0.2) is 6.10 Å². The van der Waals surface area contributed by atoms with Gasteiger partial charge in [0.1, 0.15) is 0 Å². The number of para-hydroxylation sites is 1. The monoisotopic (exact) mass is 418 g/mol. The van der Waals surface area contributed by atoms with Gasteiger partial charge in [-0.05, 0) is 31.0 Å². The second-order valence-corrected chi connectivity index (χ2v) is 8.48. The number of benzene rings is 2. The van der Waals surface area contributed by atoms with Crippen molar-refractivity contribution < 1.29 is 22.7 Å². The van der Waals surface area contributed by atoms with E-state index in [1.54, 1.807) is 12.1 Å². The van der Waals surface area contributed by atoms with E-state index in [-0.39, 0.29) is 17.3 Å². The molecule has 0 aliphatic rings. The molecule has 2 rings (SSSR count). The summed E-state index contributed by atoms with van der Waals surface area (Å²) in [6.07, 6.45) is 1.57. The molecule has 29 heavy (non-hydrogen) atoms. The van der Waals surface area contributed by atoms with Crippen molar-refractivity contribution in [1.29, 1.82) is 0 Å². The molecule has 2 aromatic rings. The summed E-state index contributed by atoms with van der Waals surface area (Å²) in [5.41, 5.74) is 1.11. The maximum absolute atomic E-state index is 12.6. The summed E-state index contributed by atoms with van der Waals surface area (Å²) in [4.78, 5) is 25.1. The van der Waals surface area contributed by atoms with Crippen molar-refractivity contribution in [3.63, 3.8) is 0 Å². The number of carbonyl (C=O) groups excluding carboxylic acids is 2. The van der Waals surface area contributed by atoms with Crippen LogP contribution in [0.2, 0.25) is 0 Å². The van der Waals surface area contributed by atoms with Crippen molar-refractivity contribution in [2.75, 3.05) is 11.0 Å². The van der Waals surface area contributed by atoms with Crippen molar-refractivity contribution in [2.45, 2.75) is 38.8 Å². The first kappa shape index (κ1) is 22.4. The topological polar surface area (TPSA) is 102 Å². The zero-order chi connectivity index (χ0) is 21.4. The van der Waals surface area contributed by atoms with Gasteiger partial charge in [-0.15, -0.1) is 0 Å². The first-order valence-corrected chi connectivity index (χ1v) is 11.2. The number of anilines is 1. The molecule has 0 heterocycles. The summed E-state index contributed by atoms with van der Waals surface area (Å²) in [6, 6.07) is 15.5. The summed E-state index contributed by atoms with van der Waals surface area (Å²) < 4.78 is 30.5. The molecule has 2 atom stereocenters. The van der Waals surface area contributed by atoms with Gasteiger partial charge in [0.25, 0.3) is 5.91 Å². The largest absolute Gasteiger partial charge is 0.449 e. The molecular weight excluding hydrogens is 392 g/mol. The molecule has 0 saturated carbocycles. The molecule has 0 aromatic heterocycles. The minimum atomic E-state index is -3.57. The van der Waals surface area contributed by atoms with Crippen molar-refractivity contribution in [3.05, 3.63) is 65.7 Å². The SMILES string of the molecule is CCC[C@@H](NC(=O)[C@@H](C)OC(=O)c1ccccc1NS(C)(=O)=O)c1ccccc1. The van der Waals surface area contributed by atoms with Crippen LogP contribution < -0.4 is 10.0 Å². The molecule has 0 unspecified atom stereocenters. The normalized spacial score (nSPS) is 13.2. The van der Waals surface area contributed by atoms with E-state index in [1.165, 1.54) is 19.1 Å². The van der Waals surface area contributed by atoms with Gasteiger partial charge < -0.3 is 10.1 Å². The highest BCUT2D eigenvalue weighted by molar-refractivity contribution is 7.92. The average Bonchev–Trinajstić information content (AvgIpc) is 2.67. The number of hydrogen-bond acceptors (Lipinski definition) is 5. The number of esters is 1. The summed E-state index contributed by atoms with van der Waals surface area (Å²) in [7, 11) is -3.57. The number of nitrogens with one attached hydrogen (secondary N) is 2. The number of carbonyl (C=O) groups is 2. The first-order valence-electron chi connectivity index (χ1n) is 9.34. The highest BCUT2D eigenvalue weighted by Gasteiger charge is 2.24. The van der Waals surface area contributed by atoms with Crippen molar-refractivity contribution in [3.8, 4) is 0 Å². The summed E-state index contributed by atoms with van der Waals surface area (Å²) >= 11 is 0. The molecule has 2 aromatic carbocycles. The molecule has 0 aliphatic heterocycles. The molecule has 7 nitrogen and oxygen atoms in total. The molecule has 156 valence electrons. The fourth-order valence-electron chi connectivity index (χ4n) is 2.81. The molecule has 1 amide bonds. The van der Waals surface area contributed by atoms with Gasteiger partial charge >= 0.3 is 5.97 Å². The molecule has 2 N–H and O–H groups in total. The minimum absolute atomic E-state index is 0.0331. The Morgan fingerprint density at radius 2 is 1.66 bits per heavy atom. The minimum Gasteiger partial charge on any atom is -0.449 e. The zero-order valence-electron chi connectivity index (χ0n) is 16.7. The Kier molecular flexibility index (Phi) is 7.78. The van der Waals surface area contributed by atoms with Crippen LogP contribution in [0.25, 0.3) is 0 Å². The molecule has 0 aliphatic carbocycles. The Balaban J connectivity index is 2.08. The summed E-state index contributed by atoms with van der Waals surface area (Å²) in [6.45, 7) is 3.51. The van der Waals surface area contributed by atoms with Crippen LogP contribution in [0, 0.1) is 0 Å². The Bertz CT molecular complexity index is 945. The van der Waals surface area contributed by atoms with Crippen LogP contribution in [0.4, 0.5) is 5.69 Å². The lowest BCUT2D eigenvalue weighted by molar-refractivity contribution is -0.129. The highest BCUT2D eigenvalue weighted by atomic mass is 32.2. The Hall–Kier alpha value is -2.87. The van der Waals surface area contributed by atoms with Gasteiger partial charge in [-0.3, -0.25) is 9.52 Å². The van der Waals surface area contributed by atoms with Crippen LogP contribution in [-0.4, -0.2) is 32.7 Å². The van der Waals surface area contributed by atoms with Gasteiger partial charge in [-0.25, -0.2) is 13.2 Å². The van der Waals surface area contributed by atoms with E-state index in [0.717, 1.165) is 24.7 Å². The quantitative estimate of drug-likeness (QED) is 0.609. The second-order valence-electron chi connectivity index (χ2n) is 6.73. The van der Waals surface area contributed by atoms with Gasteiger partial charge in [0.05, 0.1) is 23.5 Å². The van der Waals surface area contributed by atoms with Crippen LogP contribution >= 0.6 is 0 Å². The third kappa shape index (κ3) is 6.90. The summed E-state index contributed by atoms with van der Waals surface area (Å²) in [5, 5.41) is 2.92.